The third-order valence-corrected chi connectivity index (χ3v) is 5.72. The Morgan fingerprint density at radius 3 is 2.96 bits per heavy atom. The third-order valence-electron chi connectivity index (χ3n) is 5.72. The number of carbonyl (C=O) groups excluding carboxylic acids is 1. The van der Waals surface area contributed by atoms with Gasteiger partial charge in [0, 0.05) is 29.8 Å². The van der Waals surface area contributed by atoms with Crippen LogP contribution in [0.4, 0.5) is 5.69 Å². The average molecular weight is 369 g/mol. The van der Waals surface area contributed by atoms with Gasteiger partial charge in [0.05, 0.1) is 19.3 Å². The molecule has 0 amide bonds. The Morgan fingerprint density at radius 1 is 1.37 bits per heavy atom. The van der Waals surface area contributed by atoms with Gasteiger partial charge in [-0.1, -0.05) is 31.5 Å². The summed E-state index contributed by atoms with van der Waals surface area (Å²) in [6.45, 7) is 5.47. The molecule has 2 aromatic rings. The fourth-order valence-corrected chi connectivity index (χ4v) is 4.35. The van der Waals surface area contributed by atoms with E-state index in [9.17, 15) is 9.90 Å². The number of aryl methyl sites for hydroxylation is 2. The number of fused-ring (bicyclic) bond motifs is 3. The fourth-order valence-electron chi connectivity index (χ4n) is 4.35. The van der Waals surface area contributed by atoms with E-state index in [2.05, 4.69) is 12.0 Å². The molecular formula is C21H27N3O3. The number of aromatic nitrogens is 2. The van der Waals surface area contributed by atoms with Crippen LogP contribution in [-0.2, 0) is 23.3 Å². The van der Waals surface area contributed by atoms with Gasteiger partial charge in [-0.25, -0.2) is 0 Å². The summed E-state index contributed by atoms with van der Waals surface area (Å²) in [5, 5.41) is 15.6. The van der Waals surface area contributed by atoms with Crippen molar-refractivity contribution in [2.24, 2.45) is 0 Å². The van der Waals surface area contributed by atoms with Crippen molar-refractivity contribution in [2.75, 3.05) is 18.1 Å². The van der Waals surface area contributed by atoms with Gasteiger partial charge in [-0.3, -0.25) is 9.48 Å². The van der Waals surface area contributed by atoms with Gasteiger partial charge in [0.15, 0.2) is 12.0 Å². The maximum absolute atomic E-state index is 13.3. The van der Waals surface area contributed by atoms with E-state index < -0.39 is 11.8 Å². The van der Waals surface area contributed by atoms with Crippen LogP contribution in [0.2, 0.25) is 0 Å². The van der Waals surface area contributed by atoms with Crippen molar-refractivity contribution in [2.45, 2.75) is 57.9 Å². The van der Waals surface area contributed by atoms with E-state index in [-0.39, 0.29) is 12.3 Å². The van der Waals surface area contributed by atoms with Gasteiger partial charge in [-0.15, -0.1) is 0 Å². The first-order chi connectivity index (χ1) is 13.1. The second-order valence-electron chi connectivity index (χ2n) is 7.40. The lowest BCUT2D eigenvalue weighted by Gasteiger charge is -2.28. The lowest BCUT2D eigenvalue weighted by molar-refractivity contribution is -0.0300. The molecule has 2 atom stereocenters. The van der Waals surface area contributed by atoms with Crippen LogP contribution >= 0.6 is 0 Å². The number of rotatable bonds is 7. The van der Waals surface area contributed by atoms with Gasteiger partial charge in [0.2, 0.25) is 0 Å². The summed E-state index contributed by atoms with van der Waals surface area (Å²) in [4.78, 5) is 15.2. The number of Topliss-reactive ketones (excluding diaryl/α,β-unsaturated/α-hetero) is 1. The van der Waals surface area contributed by atoms with Crippen LogP contribution in [-0.4, -0.2) is 40.0 Å². The Morgan fingerprint density at radius 2 is 2.19 bits per heavy atom. The van der Waals surface area contributed by atoms with E-state index in [0.29, 0.717) is 25.3 Å². The molecule has 6 nitrogen and oxygen atoms in total. The summed E-state index contributed by atoms with van der Waals surface area (Å²) in [7, 11) is 0. The van der Waals surface area contributed by atoms with Crippen molar-refractivity contribution < 1.29 is 14.6 Å². The van der Waals surface area contributed by atoms with Crippen molar-refractivity contribution in [1.29, 1.82) is 0 Å². The van der Waals surface area contributed by atoms with E-state index in [1.807, 2.05) is 42.3 Å². The summed E-state index contributed by atoms with van der Waals surface area (Å²) >= 11 is 0. The third kappa shape index (κ3) is 2.87. The minimum atomic E-state index is -1.03. The average Bonchev–Trinajstić information content (AvgIpc) is 3.33. The predicted molar refractivity (Wildman–Crippen MR) is 103 cm³/mol. The van der Waals surface area contributed by atoms with Gasteiger partial charge in [-0.05, 0) is 25.8 Å². The zero-order valence-electron chi connectivity index (χ0n) is 16.0. The van der Waals surface area contributed by atoms with Crippen LogP contribution < -0.4 is 4.90 Å². The SMILES string of the molecule is CCCCc1cnn(CC)c1C(=O)CN1c2ccccc2C2(O)CCOC12. The van der Waals surface area contributed by atoms with Crippen LogP contribution in [0, 0.1) is 0 Å². The summed E-state index contributed by atoms with van der Waals surface area (Å²) in [5.74, 6) is 0.0232. The quantitative estimate of drug-likeness (QED) is 0.760. The lowest BCUT2D eigenvalue weighted by Crippen LogP contribution is -2.44. The molecular weight excluding hydrogens is 342 g/mol. The second kappa shape index (κ2) is 7.09. The normalized spacial score (nSPS) is 23.5. The van der Waals surface area contributed by atoms with Crippen molar-refractivity contribution in [3.05, 3.63) is 47.3 Å². The van der Waals surface area contributed by atoms with Crippen LogP contribution in [0.3, 0.4) is 0 Å². The first-order valence-corrected chi connectivity index (χ1v) is 9.88. The van der Waals surface area contributed by atoms with E-state index in [1.54, 1.807) is 4.68 Å². The molecule has 1 fully saturated rings. The monoisotopic (exact) mass is 369 g/mol. The van der Waals surface area contributed by atoms with Gasteiger partial charge in [0.25, 0.3) is 0 Å². The first kappa shape index (κ1) is 18.2. The number of nitrogens with zero attached hydrogens (tertiary/aromatic N) is 3. The minimum Gasteiger partial charge on any atom is -0.380 e. The number of benzene rings is 1. The van der Waals surface area contributed by atoms with Crippen LogP contribution in [0.15, 0.2) is 30.5 Å². The van der Waals surface area contributed by atoms with Gasteiger partial charge in [0.1, 0.15) is 11.3 Å². The van der Waals surface area contributed by atoms with Crippen LogP contribution in [0.1, 0.15) is 54.7 Å². The Bertz CT molecular complexity index is 847. The molecule has 144 valence electrons. The summed E-state index contributed by atoms with van der Waals surface area (Å²) in [5.41, 5.74) is 2.41. The highest BCUT2D eigenvalue weighted by atomic mass is 16.5. The van der Waals surface area contributed by atoms with Crippen molar-refractivity contribution in [3.8, 4) is 0 Å². The van der Waals surface area contributed by atoms with Gasteiger partial charge < -0.3 is 14.7 Å². The van der Waals surface area contributed by atoms with Crippen molar-refractivity contribution in [1.82, 2.24) is 9.78 Å². The zero-order chi connectivity index (χ0) is 19.0. The number of para-hydroxylation sites is 1. The molecule has 0 aliphatic carbocycles. The number of aliphatic hydroxyl groups is 1. The van der Waals surface area contributed by atoms with Gasteiger partial charge in [-0.2, -0.15) is 5.10 Å². The molecule has 0 spiro atoms. The standard InChI is InChI=1S/C21H27N3O3/c1-3-5-8-15-13-22-24(4-2)19(15)18(25)14-23-17-10-7-6-9-16(17)21(26)11-12-27-20(21)23/h6-7,9-10,13,20,26H,3-5,8,11-12,14H2,1-2H3. The number of hydrogen-bond acceptors (Lipinski definition) is 5. The van der Waals surface area contributed by atoms with Crippen LogP contribution in [0.5, 0.6) is 0 Å². The van der Waals surface area contributed by atoms with Crippen LogP contribution in [0.25, 0.3) is 0 Å². The summed E-state index contributed by atoms with van der Waals surface area (Å²) in [6, 6.07) is 7.75. The second-order valence-corrected chi connectivity index (χ2v) is 7.40. The highest BCUT2D eigenvalue weighted by Crippen LogP contribution is 2.49. The molecule has 2 aliphatic heterocycles. The van der Waals surface area contributed by atoms with E-state index in [0.717, 1.165) is 36.1 Å². The topological polar surface area (TPSA) is 67.6 Å². The molecule has 0 bridgehead atoms. The lowest BCUT2D eigenvalue weighted by atomic mass is 9.93. The number of ether oxygens (including phenoxy) is 1. The van der Waals surface area contributed by atoms with Gasteiger partial charge >= 0.3 is 0 Å². The Hall–Kier alpha value is -2.18. The predicted octanol–water partition coefficient (Wildman–Crippen LogP) is 2.88. The highest BCUT2D eigenvalue weighted by Gasteiger charge is 2.54. The summed E-state index contributed by atoms with van der Waals surface area (Å²) < 4.78 is 7.63. The van der Waals surface area contributed by atoms with E-state index in [4.69, 9.17) is 4.74 Å². The van der Waals surface area contributed by atoms with Crippen molar-refractivity contribution in [3.63, 3.8) is 0 Å². The molecule has 6 heteroatoms. The molecule has 1 aromatic carbocycles. The molecule has 1 saturated heterocycles. The molecule has 4 rings (SSSR count). The molecule has 3 heterocycles. The number of carbonyl (C=O) groups is 1. The highest BCUT2D eigenvalue weighted by molar-refractivity contribution is 5.99. The molecule has 2 aliphatic rings. The molecule has 0 radical (unpaired) electrons. The Kier molecular flexibility index (Phi) is 4.78. The maximum Gasteiger partial charge on any atom is 0.200 e. The largest absolute Gasteiger partial charge is 0.380 e. The Labute approximate surface area is 159 Å². The molecule has 1 N–H and O–H groups in total. The number of hydrogen-bond donors (Lipinski definition) is 1. The number of ketones is 1. The number of unbranched alkanes of at least 4 members (excludes halogenated alkanes) is 1. The molecule has 0 saturated carbocycles. The zero-order valence-corrected chi connectivity index (χ0v) is 16.0. The van der Waals surface area contributed by atoms with Crippen molar-refractivity contribution >= 4 is 11.5 Å². The maximum atomic E-state index is 13.3. The smallest absolute Gasteiger partial charge is 0.200 e. The fraction of sp³-hybridized carbons (Fsp3) is 0.524. The number of anilines is 1. The van der Waals surface area contributed by atoms with E-state index >= 15 is 0 Å². The summed E-state index contributed by atoms with van der Waals surface area (Å²) in [6.07, 6.45) is 4.84. The minimum absolute atomic E-state index is 0.0232. The molecule has 27 heavy (non-hydrogen) atoms. The Balaban J connectivity index is 1.65. The first-order valence-electron chi connectivity index (χ1n) is 9.88. The molecule has 1 aromatic heterocycles. The molecule has 2 unspecified atom stereocenters. The van der Waals surface area contributed by atoms with E-state index in [1.165, 1.54) is 0 Å².